The van der Waals surface area contributed by atoms with E-state index in [0.29, 0.717) is 17.2 Å². The molecule has 0 aromatic heterocycles. The zero-order valence-corrected chi connectivity index (χ0v) is 11.4. The molecule has 2 rings (SSSR count). The molecule has 1 aromatic rings. The molecule has 0 spiro atoms. The molecular weight excluding hydrogens is 249 g/mol. The standard InChI is InChI=1S/C14H18FNOS/c1-11-10-16(8-9-18-11)7-6-14(17)12-2-4-13(15)5-3-12/h2-5,11H,6-10H2,1H3. The molecule has 1 atom stereocenters. The van der Waals surface area contributed by atoms with Crippen molar-refractivity contribution >= 4 is 17.5 Å². The molecule has 98 valence electrons. The molecule has 1 fully saturated rings. The number of nitrogens with zero attached hydrogens (tertiary/aromatic N) is 1. The maximum absolute atomic E-state index is 12.7. The van der Waals surface area contributed by atoms with Crippen LogP contribution in [0, 0.1) is 5.82 Å². The van der Waals surface area contributed by atoms with E-state index < -0.39 is 0 Å². The molecule has 18 heavy (non-hydrogen) atoms. The van der Waals surface area contributed by atoms with E-state index in [-0.39, 0.29) is 11.6 Å². The number of Topliss-reactive ketones (excluding diaryl/α,β-unsaturated/α-hetero) is 1. The molecule has 1 aliphatic heterocycles. The lowest BCUT2D eigenvalue weighted by molar-refractivity contribution is 0.0965. The Morgan fingerprint density at radius 1 is 1.44 bits per heavy atom. The molecule has 1 unspecified atom stereocenters. The van der Waals surface area contributed by atoms with Crippen molar-refractivity contribution in [2.75, 3.05) is 25.4 Å². The number of benzene rings is 1. The maximum atomic E-state index is 12.7. The molecule has 1 heterocycles. The van der Waals surface area contributed by atoms with Crippen molar-refractivity contribution in [3.8, 4) is 0 Å². The fraction of sp³-hybridized carbons (Fsp3) is 0.500. The summed E-state index contributed by atoms with van der Waals surface area (Å²) in [5.41, 5.74) is 0.607. The molecule has 1 aliphatic rings. The number of rotatable bonds is 4. The van der Waals surface area contributed by atoms with Crippen LogP contribution in [0.25, 0.3) is 0 Å². The van der Waals surface area contributed by atoms with Crippen LogP contribution < -0.4 is 0 Å². The minimum absolute atomic E-state index is 0.0980. The lowest BCUT2D eigenvalue weighted by atomic mass is 10.1. The van der Waals surface area contributed by atoms with Crippen LogP contribution in [0.1, 0.15) is 23.7 Å². The Labute approximate surface area is 112 Å². The van der Waals surface area contributed by atoms with Crippen LogP contribution in [0.5, 0.6) is 0 Å². The second-order valence-corrected chi connectivity index (χ2v) is 6.21. The molecule has 1 saturated heterocycles. The van der Waals surface area contributed by atoms with Gasteiger partial charge in [-0.1, -0.05) is 6.92 Å². The van der Waals surface area contributed by atoms with E-state index in [1.54, 1.807) is 12.1 Å². The van der Waals surface area contributed by atoms with E-state index in [9.17, 15) is 9.18 Å². The van der Waals surface area contributed by atoms with Gasteiger partial charge in [0.25, 0.3) is 0 Å². The molecule has 1 aromatic carbocycles. The molecule has 0 radical (unpaired) electrons. The Morgan fingerprint density at radius 2 is 2.17 bits per heavy atom. The van der Waals surface area contributed by atoms with Gasteiger partial charge in [0, 0.05) is 42.6 Å². The average Bonchev–Trinajstić information content (AvgIpc) is 2.37. The number of carbonyl (C=O) groups excluding carboxylic acids is 1. The van der Waals surface area contributed by atoms with Gasteiger partial charge in [-0.3, -0.25) is 4.79 Å². The third kappa shape index (κ3) is 3.82. The van der Waals surface area contributed by atoms with Gasteiger partial charge in [-0.05, 0) is 24.3 Å². The average molecular weight is 267 g/mol. The number of hydrogen-bond donors (Lipinski definition) is 0. The van der Waals surface area contributed by atoms with Crippen molar-refractivity contribution in [1.29, 1.82) is 0 Å². The van der Waals surface area contributed by atoms with Crippen molar-refractivity contribution in [3.63, 3.8) is 0 Å². The molecular formula is C14H18FNOS. The van der Waals surface area contributed by atoms with E-state index in [2.05, 4.69) is 11.8 Å². The lowest BCUT2D eigenvalue weighted by Crippen LogP contribution is -2.37. The lowest BCUT2D eigenvalue weighted by Gasteiger charge is -2.30. The van der Waals surface area contributed by atoms with Crippen LogP contribution >= 0.6 is 11.8 Å². The van der Waals surface area contributed by atoms with Crippen molar-refractivity contribution < 1.29 is 9.18 Å². The van der Waals surface area contributed by atoms with Crippen LogP contribution in [0.4, 0.5) is 4.39 Å². The molecule has 0 aliphatic carbocycles. The van der Waals surface area contributed by atoms with Gasteiger partial charge >= 0.3 is 0 Å². The first-order valence-corrected chi connectivity index (χ1v) is 7.33. The number of hydrogen-bond acceptors (Lipinski definition) is 3. The predicted octanol–water partition coefficient (Wildman–Crippen LogP) is 2.84. The van der Waals surface area contributed by atoms with Gasteiger partial charge in [-0.25, -0.2) is 4.39 Å². The summed E-state index contributed by atoms with van der Waals surface area (Å²) in [4.78, 5) is 14.3. The van der Waals surface area contributed by atoms with E-state index in [4.69, 9.17) is 0 Å². The topological polar surface area (TPSA) is 20.3 Å². The van der Waals surface area contributed by atoms with Crippen LogP contribution in [-0.2, 0) is 0 Å². The first-order valence-electron chi connectivity index (χ1n) is 6.28. The summed E-state index contributed by atoms with van der Waals surface area (Å²) in [6.45, 7) is 5.15. The zero-order chi connectivity index (χ0) is 13.0. The van der Waals surface area contributed by atoms with Gasteiger partial charge in [-0.2, -0.15) is 11.8 Å². The van der Waals surface area contributed by atoms with Crippen molar-refractivity contribution in [2.45, 2.75) is 18.6 Å². The summed E-state index contributed by atoms with van der Waals surface area (Å²) < 4.78 is 12.7. The van der Waals surface area contributed by atoms with Crippen LogP contribution in [-0.4, -0.2) is 41.3 Å². The monoisotopic (exact) mass is 267 g/mol. The largest absolute Gasteiger partial charge is 0.301 e. The maximum Gasteiger partial charge on any atom is 0.164 e. The number of halogens is 1. The van der Waals surface area contributed by atoms with Gasteiger partial charge in [0.1, 0.15) is 5.82 Å². The van der Waals surface area contributed by atoms with E-state index in [1.807, 2.05) is 11.8 Å². The Balaban J connectivity index is 1.82. The number of carbonyl (C=O) groups is 1. The number of ketones is 1. The van der Waals surface area contributed by atoms with Crippen molar-refractivity contribution in [2.24, 2.45) is 0 Å². The zero-order valence-electron chi connectivity index (χ0n) is 10.6. The van der Waals surface area contributed by atoms with Gasteiger partial charge in [-0.15, -0.1) is 0 Å². The van der Waals surface area contributed by atoms with E-state index in [0.717, 1.165) is 25.4 Å². The highest BCUT2D eigenvalue weighted by molar-refractivity contribution is 7.99. The fourth-order valence-corrected chi connectivity index (χ4v) is 3.22. The first kappa shape index (κ1) is 13.6. The fourth-order valence-electron chi connectivity index (χ4n) is 2.13. The summed E-state index contributed by atoms with van der Waals surface area (Å²) >= 11 is 1.99. The smallest absolute Gasteiger partial charge is 0.164 e. The molecule has 0 bridgehead atoms. The SMILES string of the molecule is CC1CN(CCC(=O)c2ccc(F)cc2)CCS1. The Bertz CT molecular complexity index is 407. The Kier molecular flexibility index (Phi) is 4.78. The second-order valence-electron chi connectivity index (χ2n) is 4.66. The molecule has 0 amide bonds. The highest BCUT2D eigenvalue weighted by atomic mass is 32.2. The Hall–Kier alpha value is -0.870. The van der Waals surface area contributed by atoms with E-state index in [1.165, 1.54) is 12.1 Å². The van der Waals surface area contributed by atoms with E-state index >= 15 is 0 Å². The van der Waals surface area contributed by atoms with Crippen LogP contribution in [0.2, 0.25) is 0 Å². The summed E-state index contributed by atoms with van der Waals surface area (Å²) in [7, 11) is 0. The first-order chi connectivity index (χ1) is 8.65. The molecule has 4 heteroatoms. The summed E-state index contributed by atoms with van der Waals surface area (Å²) in [6, 6.07) is 5.80. The van der Waals surface area contributed by atoms with Crippen LogP contribution in [0.3, 0.4) is 0 Å². The third-order valence-corrected chi connectivity index (χ3v) is 4.28. The summed E-state index contributed by atoms with van der Waals surface area (Å²) in [5.74, 6) is 0.945. The van der Waals surface area contributed by atoms with Crippen LogP contribution in [0.15, 0.2) is 24.3 Å². The summed E-state index contributed by atoms with van der Waals surface area (Å²) in [6.07, 6.45) is 0.517. The second kappa shape index (κ2) is 6.34. The number of thioether (sulfide) groups is 1. The predicted molar refractivity (Wildman–Crippen MR) is 73.7 cm³/mol. The Morgan fingerprint density at radius 3 is 2.83 bits per heavy atom. The molecule has 0 saturated carbocycles. The van der Waals surface area contributed by atoms with Gasteiger partial charge in [0.05, 0.1) is 0 Å². The van der Waals surface area contributed by atoms with Crippen molar-refractivity contribution in [3.05, 3.63) is 35.6 Å². The van der Waals surface area contributed by atoms with Gasteiger partial charge < -0.3 is 4.90 Å². The van der Waals surface area contributed by atoms with Crippen molar-refractivity contribution in [1.82, 2.24) is 4.90 Å². The summed E-state index contributed by atoms with van der Waals surface area (Å²) in [5, 5.41) is 0.652. The minimum Gasteiger partial charge on any atom is -0.301 e. The minimum atomic E-state index is -0.298. The molecule has 0 N–H and O–H groups in total. The molecule has 2 nitrogen and oxygen atoms in total. The highest BCUT2D eigenvalue weighted by Gasteiger charge is 2.17. The normalized spacial score (nSPS) is 20.9. The van der Waals surface area contributed by atoms with Gasteiger partial charge in [0.2, 0.25) is 0 Å². The third-order valence-electron chi connectivity index (χ3n) is 3.15. The quantitative estimate of drug-likeness (QED) is 0.782. The highest BCUT2D eigenvalue weighted by Crippen LogP contribution is 2.18. The van der Waals surface area contributed by atoms with Gasteiger partial charge in [0.15, 0.2) is 5.78 Å².